The minimum absolute atomic E-state index is 0.0992. The van der Waals surface area contributed by atoms with Gasteiger partial charge in [0.05, 0.1) is 25.8 Å². The molecule has 1 heterocycles. The highest BCUT2D eigenvalue weighted by Crippen LogP contribution is 2.33. The molecule has 0 spiro atoms. The molecule has 0 aliphatic carbocycles. The number of hydrogen-bond acceptors (Lipinski definition) is 4. The first-order valence-corrected chi connectivity index (χ1v) is 8.03. The maximum absolute atomic E-state index is 12.9. The molecule has 0 saturated carbocycles. The van der Waals surface area contributed by atoms with Crippen LogP contribution in [-0.4, -0.2) is 38.6 Å². The summed E-state index contributed by atoms with van der Waals surface area (Å²) in [6.45, 7) is 0.180. The number of carbonyl (C=O) groups excluding carboxylic acids is 2. The van der Waals surface area contributed by atoms with Gasteiger partial charge in [0.25, 0.3) is 5.91 Å². The van der Waals surface area contributed by atoms with Crippen LogP contribution in [0, 0.1) is 0 Å². The molecule has 0 radical (unpaired) electrons. The number of fused-ring (bicyclic) bond motifs is 1. The Morgan fingerprint density at radius 1 is 1.24 bits per heavy atom. The van der Waals surface area contributed by atoms with Gasteiger partial charge in [0.2, 0.25) is 5.91 Å². The molecule has 2 amide bonds. The minimum Gasteiger partial charge on any atom is -0.497 e. The second-order valence-corrected chi connectivity index (χ2v) is 5.72. The number of methoxy groups -OCH3 is 1. The lowest BCUT2D eigenvalue weighted by atomic mass is 10.1. The van der Waals surface area contributed by atoms with Crippen molar-refractivity contribution in [2.75, 3.05) is 25.6 Å². The summed E-state index contributed by atoms with van der Waals surface area (Å²) in [5, 5.41) is 2.57. The zero-order valence-electron chi connectivity index (χ0n) is 14.2. The molecule has 130 valence electrons. The van der Waals surface area contributed by atoms with E-state index in [9.17, 15) is 9.59 Å². The predicted octanol–water partition coefficient (Wildman–Crippen LogP) is 1.78. The van der Waals surface area contributed by atoms with Gasteiger partial charge >= 0.3 is 0 Å². The number of ether oxygens (including phenoxy) is 2. The smallest absolute Gasteiger partial charge is 0.262 e. The molecule has 0 saturated heterocycles. The second-order valence-electron chi connectivity index (χ2n) is 5.72. The van der Waals surface area contributed by atoms with Gasteiger partial charge in [-0.2, -0.15) is 0 Å². The topological polar surface area (TPSA) is 67.9 Å². The lowest BCUT2D eigenvalue weighted by Gasteiger charge is -2.34. The van der Waals surface area contributed by atoms with Crippen LogP contribution in [0.5, 0.6) is 11.5 Å². The van der Waals surface area contributed by atoms with Crippen molar-refractivity contribution in [3.8, 4) is 11.5 Å². The fourth-order valence-electron chi connectivity index (χ4n) is 2.82. The second kappa shape index (κ2) is 7.25. The van der Waals surface area contributed by atoms with Gasteiger partial charge in [-0.25, -0.2) is 0 Å². The molecule has 0 fully saturated rings. The normalized spacial score (nSPS) is 15.8. The standard InChI is InChI=1S/C19H20N2O4/c1-20-19(23)17-12-21(15-8-3-4-9-16(15)25-17)18(22)11-13-6-5-7-14(10-13)24-2/h3-10,17H,11-12H2,1-2H3,(H,20,23). The van der Waals surface area contributed by atoms with Crippen LogP contribution in [0.25, 0.3) is 0 Å². The number of benzene rings is 2. The highest BCUT2D eigenvalue weighted by molar-refractivity contribution is 5.98. The molecule has 0 aromatic heterocycles. The maximum Gasteiger partial charge on any atom is 0.262 e. The van der Waals surface area contributed by atoms with E-state index in [1.54, 1.807) is 25.1 Å². The van der Waals surface area contributed by atoms with Crippen molar-refractivity contribution in [1.82, 2.24) is 5.32 Å². The molecular weight excluding hydrogens is 320 g/mol. The molecular formula is C19H20N2O4. The zero-order valence-corrected chi connectivity index (χ0v) is 14.2. The predicted molar refractivity (Wildman–Crippen MR) is 94.0 cm³/mol. The zero-order chi connectivity index (χ0) is 17.8. The van der Waals surface area contributed by atoms with E-state index >= 15 is 0 Å². The van der Waals surface area contributed by atoms with Crippen LogP contribution in [-0.2, 0) is 16.0 Å². The van der Waals surface area contributed by atoms with Crippen molar-refractivity contribution in [2.45, 2.75) is 12.5 Å². The third-order valence-corrected chi connectivity index (χ3v) is 4.10. The summed E-state index contributed by atoms with van der Waals surface area (Å²) < 4.78 is 10.9. The number of nitrogens with zero attached hydrogens (tertiary/aromatic N) is 1. The number of rotatable bonds is 4. The average Bonchev–Trinajstić information content (AvgIpc) is 2.66. The van der Waals surface area contributed by atoms with Gasteiger partial charge in [-0.1, -0.05) is 24.3 Å². The maximum atomic E-state index is 12.9. The van der Waals surface area contributed by atoms with Crippen molar-refractivity contribution in [1.29, 1.82) is 0 Å². The number of anilines is 1. The van der Waals surface area contributed by atoms with Crippen LogP contribution in [0.15, 0.2) is 48.5 Å². The molecule has 1 N–H and O–H groups in total. The Balaban J connectivity index is 1.86. The Morgan fingerprint density at radius 2 is 2.04 bits per heavy atom. The Hall–Kier alpha value is -3.02. The van der Waals surface area contributed by atoms with E-state index in [1.807, 2.05) is 42.5 Å². The number of nitrogens with one attached hydrogen (secondary N) is 1. The van der Waals surface area contributed by atoms with Crippen molar-refractivity contribution in [3.05, 3.63) is 54.1 Å². The number of hydrogen-bond donors (Lipinski definition) is 1. The lowest BCUT2D eigenvalue weighted by Crippen LogP contribution is -2.50. The van der Waals surface area contributed by atoms with Gasteiger partial charge in [-0.05, 0) is 29.8 Å². The highest BCUT2D eigenvalue weighted by Gasteiger charge is 2.33. The van der Waals surface area contributed by atoms with Crippen molar-refractivity contribution >= 4 is 17.5 Å². The number of carbonyl (C=O) groups is 2. The van der Waals surface area contributed by atoms with Crippen LogP contribution in [0.3, 0.4) is 0 Å². The lowest BCUT2D eigenvalue weighted by molar-refractivity contribution is -0.127. The summed E-state index contributed by atoms with van der Waals surface area (Å²) >= 11 is 0. The van der Waals surface area contributed by atoms with Crippen molar-refractivity contribution in [2.24, 2.45) is 0 Å². The van der Waals surface area contributed by atoms with Gasteiger partial charge in [0.15, 0.2) is 6.10 Å². The molecule has 2 aromatic rings. The molecule has 3 rings (SSSR count). The molecule has 6 nitrogen and oxygen atoms in total. The van der Waals surface area contributed by atoms with Crippen LogP contribution in [0.4, 0.5) is 5.69 Å². The monoisotopic (exact) mass is 340 g/mol. The van der Waals surface area contributed by atoms with Gasteiger partial charge in [-0.15, -0.1) is 0 Å². The SMILES string of the molecule is CNC(=O)C1CN(C(=O)Cc2cccc(OC)c2)c2ccccc2O1. The van der Waals surface area contributed by atoms with Gasteiger partial charge < -0.3 is 19.7 Å². The Bertz CT molecular complexity index is 790. The van der Waals surface area contributed by atoms with E-state index < -0.39 is 6.10 Å². The largest absolute Gasteiger partial charge is 0.497 e. The Kier molecular flexibility index (Phi) is 4.88. The third kappa shape index (κ3) is 3.57. The fraction of sp³-hybridized carbons (Fsp3) is 0.263. The summed E-state index contributed by atoms with van der Waals surface area (Å²) in [7, 11) is 3.14. The van der Waals surface area contributed by atoms with Gasteiger partial charge in [-0.3, -0.25) is 9.59 Å². The Morgan fingerprint density at radius 3 is 2.80 bits per heavy atom. The van der Waals surface area contributed by atoms with E-state index in [4.69, 9.17) is 9.47 Å². The van der Waals surface area contributed by atoms with E-state index in [2.05, 4.69) is 5.32 Å². The summed E-state index contributed by atoms with van der Waals surface area (Å²) in [6, 6.07) is 14.6. The highest BCUT2D eigenvalue weighted by atomic mass is 16.5. The third-order valence-electron chi connectivity index (χ3n) is 4.10. The first-order chi connectivity index (χ1) is 12.1. The average molecular weight is 340 g/mol. The van der Waals surface area contributed by atoms with E-state index in [1.165, 1.54) is 0 Å². The minimum atomic E-state index is -0.728. The summed E-state index contributed by atoms with van der Waals surface area (Å²) in [5.74, 6) is 0.879. The first kappa shape index (κ1) is 16.8. The van der Waals surface area contributed by atoms with Gasteiger partial charge in [0.1, 0.15) is 11.5 Å². The van der Waals surface area contributed by atoms with Crippen LogP contribution in [0.2, 0.25) is 0 Å². The van der Waals surface area contributed by atoms with E-state index in [0.717, 1.165) is 5.56 Å². The first-order valence-electron chi connectivity index (χ1n) is 8.03. The number of amides is 2. The van der Waals surface area contributed by atoms with Gasteiger partial charge in [0, 0.05) is 7.05 Å². The quantitative estimate of drug-likeness (QED) is 0.921. The fourth-order valence-corrected chi connectivity index (χ4v) is 2.82. The molecule has 1 atom stereocenters. The van der Waals surface area contributed by atoms with Crippen LogP contribution >= 0.6 is 0 Å². The summed E-state index contributed by atoms with van der Waals surface area (Å²) in [5.41, 5.74) is 1.53. The molecule has 25 heavy (non-hydrogen) atoms. The molecule has 1 aliphatic heterocycles. The Labute approximate surface area is 146 Å². The molecule has 6 heteroatoms. The molecule has 2 aromatic carbocycles. The van der Waals surface area contributed by atoms with Crippen LogP contribution in [0.1, 0.15) is 5.56 Å². The number of para-hydroxylation sites is 2. The molecule has 1 aliphatic rings. The molecule has 1 unspecified atom stereocenters. The summed E-state index contributed by atoms with van der Waals surface area (Å²) in [4.78, 5) is 26.5. The van der Waals surface area contributed by atoms with Crippen LogP contribution < -0.4 is 19.7 Å². The van der Waals surface area contributed by atoms with E-state index in [0.29, 0.717) is 17.2 Å². The van der Waals surface area contributed by atoms with Crippen molar-refractivity contribution < 1.29 is 19.1 Å². The van der Waals surface area contributed by atoms with Crippen molar-refractivity contribution in [3.63, 3.8) is 0 Å². The molecule has 0 bridgehead atoms. The number of likely N-dealkylation sites (N-methyl/N-ethyl adjacent to an activating group) is 1. The van der Waals surface area contributed by atoms with E-state index in [-0.39, 0.29) is 24.8 Å². The summed E-state index contributed by atoms with van der Waals surface area (Å²) in [6.07, 6.45) is -0.513.